The number of methoxy groups -OCH3 is 1. The van der Waals surface area contributed by atoms with Crippen LogP contribution in [-0.4, -0.2) is 63.2 Å². The summed E-state index contributed by atoms with van der Waals surface area (Å²) in [6, 6.07) is 9.66. The molecule has 2 aromatic heterocycles. The molecule has 1 aliphatic carbocycles. The van der Waals surface area contributed by atoms with E-state index in [-0.39, 0.29) is 23.6 Å². The number of benzene rings is 1. The number of nitrogens with one attached hydrogen (secondary N) is 2. The predicted octanol–water partition coefficient (Wildman–Crippen LogP) is 16.3. The number of hydrogen-bond acceptors (Lipinski definition) is 6. The third-order valence-electron chi connectivity index (χ3n) is 16.3. The van der Waals surface area contributed by atoms with Crippen molar-refractivity contribution in [3.05, 3.63) is 93.6 Å². The second-order valence-corrected chi connectivity index (χ2v) is 22.3. The summed E-state index contributed by atoms with van der Waals surface area (Å²) in [5.74, 6) is 4.11. The zero-order chi connectivity index (χ0) is 55.8. The van der Waals surface area contributed by atoms with E-state index in [1.807, 2.05) is 56.7 Å². The van der Waals surface area contributed by atoms with Gasteiger partial charge in [0.15, 0.2) is 5.71 Å². The SMILES string of the molecule is C/C=C(\C=C/C(=C(C)C)C(C)C(C)CCC(CCC)C(C)C(C)CCCC)C1CCC(=O)NC1=O.C1CCCC1.CCCC.COC1=C(c2cc(C(=O)Nc3nc4ccc(C)cc4n3C)cc(C)n2)C(C)=[N+](C)CC1. The predicted molar refractivity (Wildman–Crippen MR) is 317 cm³/mol. The number of carbonyl (C=O) groups is 3. The minimum Gasteiger partial charge on any atom is -0.500 e. The Morgan fingerprint density at radius 3 is 2.09 bits per heavy atom. The van der Waals surface area contributed by atoms with Gasteiger partial charge in [0.1, 0.15) is 24.9 Å². The van der Waals surface area contributed by atoms with Crippen LogP contribution in [-0.2, 0) is 21.4 Å². The lowest BCUT2D eigenvalue weighted by atomic mass is 9.74. The number of carbonyl (C=O) groups excluding carboxylic acids is 3. The number of pyridine rings is 1. The first-order chi connectivity index (χ1) is 35.8. The topological polar surface area (TPSA) is 118 Å². The van der Waals surface area contributed by atoms with Gasteiger partial charge in [0.05, 0.1) is 36.2 Å². The van der Waals surface area contributed by atoms with Crippen molar-refractivity contribution in [3.63, 3.8) is 0 Å². The minimum absolute atomic E-state index is 0.159. The number of fused-ring (bicyclic) bond motifs is 1. The molecule has 1 saturated carbocycles. The van der Waals surface area contributed by atoms with E-state index in [0.29, 0.717) is 36.2 Å². The summed E-state index contributed by atoms with van der Waals surface area (Å²) < 4.78 is 9.73. The number of hydrogen-bond donors (Lipinski definition) is 2. The Labute approximate surface area is 455 Å². The molecule has 1 aromatic carbocycles. The van der Waals surface area contributed by atoms with Crippen LogP contribution in [0.1, 0.15) is 220 Å². The van der Waals surface area contributed by atoms with Crippen LogP contribution in [0.4, 0.5) is 5.95 Å². The Morgan fingerprint density at radius 1 is 0.853 bits per heavy atom. The van der Waals surface area contributed by atoms with Gasteiger partial charge in [-0.05, 0) is 124 Å². The molecular formula is C65H103N6O4+. The Kier molecular flexibility index (Phi) is 28.3. The maximum Gasteiger partial charge on any atom is 0.258 e. The van der Waals surface area contributed by atoms with Gasteiger partial charge in [0.25, 0.3) is 5.91 Å². The van der Waals surface area contributed by atoms with E-state index < -0.39 is 0 Å². The fraction of sp³-hybridized carbons (Fsp3) is 0.631. The van der Waals surface area contributed by atoms with Gasteiger partial charge in [-0.25, -0.2) is 9.56 Å². The van der Waals surface area contributed by atoms with Gasteiger partial charge in [-0.15, -0.1) is 0 Å². The molecule has 6 unspecified atom stereocenters. The molecule has 10 heteroatoms. The van der Waals surface area contributed by atoms with Crippen LogP contribution in [0.3, 0.4) is 0 Å². The monoisotopic (exact) mass is 1030 g/mol. The third kappa shape index (κ3) is 19.8. The first-order valence-electron chi connectivity index (χ1n) is 29.2. The molecule has 3 aromatic rings. The second-order valence-electron chi connectivity index (χ2n) is 22.3. The van der Waals surface area contributed by atoms with Crippen molar-refractivity contribution < 1.29 is 23.7 Å². The van der Waals surface area contributed by atoms with E-state index in [2.05, 4.69) is 122 Å². The molecule has 2 fully saturated rings. The van der Waals surface area contributed by atoms with Crippen LogP contribution in [0.5, 0.6) is 0 Å². The van der Waals surface area contributed by atoms with Gasteiger partial charge in [0, 0.05) is 31.6 Å². The van der Waals surface area contributed by atoms with Crippen LogP contribution < -0.4 is 10.6 Å². The maximum absolute atomic E-state index is 13.1. The molecule has 6 rings (SSSR count). The number of aryl methyl sites for hydroxylation is 3. The number of nitrogens with zero attached hydrogens (tertiary/aromatic N) is 4. The van der Waals surface area contributed by atoms with Gasteiger partial charge in [-0.2, -0.15) is 0 Å². The molecule has 6 atom stereocenters. The lowest BCUT2D eigenvalue weighted by Gasteiger charge is -2.31. The molecule has 1 saturated heterocycles. The zero-order valence-corrected chi connectivity index (χ0v) is 50.2. The Morgan fingerprint density at radius 2 is 1.52 bits per heavy atom. The number of anilines is 1. The molecule has 4 heterocycles. The molecule has 75 heavy (non-hydrogen) atoms. The third-order valence-corrected chi connectivity index (χ3v) is 16.3. The molecule has 0 bridgehead atoms. The number of rotatable bonds is 20. The van der Waals surface area contributed by atoms with Gasteiger partial charge in [-0.3, -0.25) is 30.0 Å². The van der Waals surface area contributed by atoms with Crippen molar-refractivity contribution in [2.45, 2.75) is 206 Å². The molecule has 0 spiro atoms. The van der Waals surface area contributed by atoms with Crippen molar-refractivity contribution in [1.82, 2.24) is 19.9 Å². The second kappa shape index (κ2) is 33.1. The molecule has 416 valence electrons. The highest BCUT2D eigenvalue weighted by Gasteiger charge is 2.30. The number of imidazole rings is 1. The molecule has 3 aliphatic rings. The van der Waals surface area contributed by atoms with E-state index in [4.69, 9.17) is 9.72 Å². The standard InChI is InChI=1S/C32H55NO2.C24H27N5O2.C5H10.C4H10/c1-10-13-15-23(6)25(8)28(14-11-2)17-16-24(7)26(9)29(22(4)5)19-18-27(12-3)30-20-21-31(34)33-32(30)35;1-14-7-8-18-20(11-14)29(5)24(26-18)27-23(30)17-12-15(2)25-19(13-17)22-16(3)28(4)10-9-21(22)31-6;1-2-4-5-3-1;1-3-4-2/h12,18-19,23-26,28,30H,10-11,13-17,20-21H2,1-9H3,(H,33,34,35);7-8,11-13H,9-10H2,1-6H3;1-5H2;3-4H2,1-2H3/p+1/b19-18-,27-12+;;;. The highest BCUT2D eigenvalue weighted by Crippen LogP contribution is 2.36. The van der Waals surface area contributed by atoms with E-state index >= 15 is 0 Å². The highest BCUT2D eigenvalue weighted by atomic mass is 16.5. The highest BCUT2D eigenvalue weighted by molar-refractivity contribution is 6.21. The summed E-state index contributed by atoms with van der Waals surface area (Å²) >= 11 is 0. The molecule has 2 aliphatic heterocycles. The Balaban J connectivity index is 0.000000339. The fourth-order valence-corrected chi connectivity index (χ4v) is 10.6. The van der Waals surface area contributed by atoms with E-state index in [1.54, 1.807) is 13.2 Å². The summed E-state index contributed by atoms with van der Waals surface area (Å²) in [5.41, 5.74) is 10.8. The van der Waals surface area contributed by atoms with Gasteiger partial charge in [-0.1, -0.05) is 162 Å². The summed E-state index contributed by atoms with van der Waals surface area (Å²) in [7, 11) is 5.64. The van der Waals surface area contributed by atoms with Crippen LogP contribution in [0, 0.1) is 49.4 Å². The number of aromatic nitrogens is 3. The van der Waals surface area contributed by atoms with Crippen molar-refractivity contribution in [2.24, 2.45) is 42.6 Å². The van der Waals surface area contributed by atoms with Crippen molar-refractivity contribution >= 4 is 46.0 Å². The quantitative estimate of drug-likeness (QED) is 0.0661. The largest absolute Gasteiger partial charge is 0.500 e. The Hall–Kier alpha value is -5.12. The molecule has 0 radical (unpaired) electrons. The number of ether oxygens (including phenoxy) is 1. The lowest BCUT2D eigenvalue weighted by Crippen LogP contribution is -2.41. The van der Waals surface area contributed by atoms with Crippen molar-refractivity contribution in [2.75, 3.05) is 26.0 Å². The first-order valence-corrected chi connectivity index (χ1v) is 29.2. The molecule has 3 amide bonds. The van der Waals surface area contributed by atoms with E-state index in [0.717, 1.165) is 81.3 Å². The molecule has 10 nitrogen and oxygen atoms in total. The smallest absolute Gasteiger partial charge is 0.258 e. The van der Waals surface area contributed by atoms with Crippen molar-refractivity contribution in [1.29, 1.82) is 0 Å². The number of imide groups is 1. The summed E-state index contributed by atoms with van der Waals surface area (Å²) in [6.45, 7) is 32.0. The number of amides is 3. The summed E-state index contributed by atoms with van der Waals surface area (Å²) in [4.78, 5) is 46.3. The van der Waals surface area contributed by atoms with Gasteiger partial charge < -0.3 is 9.30 Å². The Bertz CT molecular complexity index is 2450. The number of unbranched alkanes of at least 4 members (excludes halogenated alkanes) is 2. The van der Waals surface area contributed by atoms with Crippen LogP contribution in [0.2, 0.25) is 0 Å². The summed E-state index contributed by atoms with van der Waals surface area (Å²) in [6.07, 6.45) is 27.5. The normalized spacial score (nSPS) is 17.9. The molecule has 2 N–H and O–H groups in total. The van der Waals surface area contributed by atoms with E-state index in [9.17, 15) is 14.4 Å². The lowest BCUT2D eigenvalue weighted by molar-refractivity contribution is -0.497. The van der Waals surface area contributed by atoms with Crippen LogP contribution >= 0.6 is 0 Å². The number of piperidine rings is 1. The fourth-order valence-electron chi connectivity index (χ4n) is 10.6. The maximum atomic E-state index is 13.1. The average molecular weight is 1030 g/mol. The number of allylic oxidation sites excluding steroid dienone is 6. The van der Waals surface area contributed by atoms with Gasteiger partial charge >= 0.3 is 0 Å². The minimum atomic E-state index is -0.230. The molecular weight excluding hydrogens is 929 g/mol. The average Bonchev–Trinajstić information content (AvgIpc) is 4.08. The van der Waals surface area contributed by atoms with Crippen LogP contribution in [0.15, 0.2) is 71.0 Å². The first kappa shape index (κ1) is 64.2. The van der Waals surface area contributed by atoms with Gasteiger partial charge in [0.2, 0.25) is 17.8 Å². The zero-order valence-electron chi connectivity index (χ0n) is 50.2. The summed E-state index contributed by atoms with van der Waals surface area (Å²) in [5, 5.41) is 5.46. The van der Waals surface area contributed by atoms with Crippen molar-refractivity contribution in [3.8, 4) is 0 Å². The van der Waals surface area contributed by atoms with Crippen LogP contribution in [0.25, 0.3) is 16.6 Å². The van der Waals surface area contributed by atoms with E-state index in [1.165, 1.54) is 101 Å².